The van der Waals surface area contributed by atoms with Crippen molar-refractivity contribution in [1.82, 2.24) is 4.98 Å². The molecule has 0 saturated carbocycles. The van der Waals surface area contributed by atoms with E-state index in [1.807, 2.05) is 0 Å². The molecule has 0 aliphatic rings. The molecule has 0 atom stereocenters. The summed E-state index contributed by atoms with van der Waals surface area (Å²) in [5.41, 5.74) is -0.684. The van der Waals surface area contributed by atoms with Crippen LogP contribution in [0.25, 0.3) is 17.2 Å². The van der Waals surface area contributed by atoms with E-state index in [-0.39, 0.29) is 22.7 Å². The lowest BCUT2D eigenvalue weighted by Gasteiger charge is -1.98. The first-order valence-electron chi connectivity index (χ1n) is 4.94. The van der Waals surface area contributed by atoms with E-state index in [0.29, 0.717) is 5.52 Å². The fourth-order valence-electron chi connectivity index (χ4n) is 1.41. The van der Waals surface area contributed by atoms with E-state index in [2.05, 4.69) is 4.98 Å². The number of rotatable bonds is 2. The molecule has 7 nitrogen and oxygen atoms in total. The minimum absolute atomic E-state index is 0.0296. The maximum atomic E-state index is 11.5. The Labute approximate surface area is 100 Å². The van der Waals surface area contributed by atoms with Crippen LogP contribution in [0.2, 0.25) is 0 Å². The van der Waals surface area contributed by atoms with Crippen molar-refractivity contribution in [2.24, 2.45) is 0 Å². The molecular formula is C11H8N2O5. The Balaban J connectivity index is 2.68. The zero-order valence-electron chi connectivity index (χ0n) is 9.28. The van der Waals surface area contributed by atoms with E-state index in [0.717, 1.165) is 12.1 Å². The number of aliphatic hydroxyl groups is 1. The first-order valence-corrected chi connectivity index (χ1v) is 4.94. The van der Waals surface area contributed by atoms with Gasteiger partial charge in [0, 0.05) is 12.1 Å². The van der Waals surface area contributed by atoms with Gasteiger partial charge in [0.05, 0.1) is 16.7 Å². The first-order chi connectivity index (χ1) is 8.47. The maximum Gasteiger partial charge on any atom is 0.362 e. The molecule has 2 aromatic rings. The second-order valence-electron chi connectivity index (χ2n) is 3.58. The second kappa shape index (κ2) is 4.28. The van der Waals surface area contributed by atoms with Gasteiger partial charge < -0.3 is 9.52 Å². The smallest absolute Gasteiger partial charge is 0.362 e. The van der Waals surface area contributed by atoms with Crippen LogP contribution in [0.1, 0.15) is 12.6 Å². The third-order valence-corrected chi connectivity index (χ3v) is 2.15. The van der Waals surface area contributed by atoms with Gasteiger partial charge >= 0.3 is 5.63 Å². The highest BCUT2D eigenvalue weighted by molar-refractivity contribution is 5.75. The molecule has 1 N–H and O–H groups in total. The number of nitro benzene ring substituents is 1. The van der Waals surface area contributed by atoms with Crippen molar-refractivity contribution in [3.63, 3.8) is 0 Å². The van der Waals surface area contributed by atoms with E-state index >= 15 is 0 Å². The number of hydrogen-bond acceptors (Lipinski definition) is 6. The number of aromatic nitrogens is 1. The molecule has 2 rings (SSSR count). The molecule has 92 valence electrons. The summed E-state index contributed by atoms with van der Waals surface area (Å²) in [6, 6.07) is 3.76. The van der Waals surface area contributed by atoms with Gasteiger partial charge in [-0.05, 0) is 13.0 Å². The minimum Gasteiger partial charge on any atom is -0.513 e. The van der Waals surface area contributed by atoms with Gasteiger partial charge in [-0.2, -0.15) is 0 Å². The topological polar surface area (TPSA) is 106 Å². The standard InChI is InChI=1S/C11H8N2O5/c1-6(14)4-9-11(15)18-10-5-7(13(16)17)2-3-8(10)12-9/h2-5,14H,1H3. The molecular weight excluding hydrogens is 240 g/mol. The van der Waals surface area contributed by atoms with Gasteiger partial charge in [0.25, 0.3) is 5.69 Å². The molecule has 1 heterocycles. The number of allylic oxidation sites excluding steroid dienone is 1. The predicted molar refractivity (Wildman–Crippen MR) is 63.2 cm³/mol. The van der Waals surface area contributed by atoms with E-state index in [1.165, 1.54) is 19.1 Å². The third kappa shape index (κ3) is 2.19. The lowest BCUT2D eigenvalue weighted by Crippen LogP contribution is -2.06. The maximum absolute atomic E-state index is 11.5. The number of benzene rings is 1. The van der Waals surface area contributed by atoms with Crippen LogP contribution in [0.5, 0.6) is 0 Å². The Morgan fingerprint density at radius 3 is 2.89 bits per heavy atom. The van der Waals surface area contributed by atoms with E-state index in [1.54, 1.807) is 0 Å². The van der Waals surface area contributed by atoms with Crippen molar-refractivity contribution < 1.29 is 14.4 Å². The Bertz CT molecular complexity index is 713. The SMILES string of the molecule is CC(O)=Cc1nc2ccc([N+](=O)[O-])cc2oc1=O. The van der Waals surface area contributed by atoms with E-state index in [4.69, 9.17) is 9.52 Å². The summed E-state index contributed by atoms with van der Waals surface area (Å²) in [5.74, 6) is -0.0870. The van der Waals surface area contributed by atoms with Crippen LogP contribution < -0.4 is 5.63 Å². The molecule has 0 amide bonds. The first kappa shape index (κ1) is 11.8. The molecule has 0 unspecified atom stereocenters. The monoisotopic (exact) mass is 248 g/mol. The van der Waals surface area contributed by atoms with E-state index < -0.39 is 10.5 Å². The highest BCUT2D eigenvalue weighted by atomic mass is 16.6. The lowest BCUT2D eigenvalue weighted by molar-refractivity contribution is -0.384. The summed E-state index contributed by atoms with van der Waals surface area (Å²) < 4.78 is 4.91. The Morgan fingerprint density at radius 2 is 2.28 bits per heavy atom. The van der Waals surface area contributed by atoms with Crippen molar-refractivity contribution >= 4 is 22.9 Å². The zero-order chi connectivity index (χ0) is 13.3. The average molecular weight is 248 g/mol. The molecule has 1 aromatic heterocycles. The largest absolute Gasteiger partial charge is 0.513 e. The van der Waals surface area contributed by atoms with Crippen molar-refractivity contribution in [1.29, 1.82) is 0 Å². The molecule has 0 radical (unpaired) electrons. The number of aliphatic hydroxyl groups excluding tert-OH is 1. The molecule has 0 spiro atoms. The number of nitro groups is 1. The van der Waals surface area contributed by atoms with Crippen molar-refractivity contribution in [2.45, 2.75) is 6.92 Å². The quantitative estimate of drug-likeness (QED) is 0.495. The van der Waals surface area contributed by atoms with Crippen LogP contribution in [0.4, 0.5) is 5.69 Å². The van der Waals surface area contributed by atoms with Gasteiger partial charge in [-0.1, -0.05) is 0 Å². The lowest BCUT2D eigenvalue weighted by atomic mass is 10.2. The number of hydrogen-bond donors (Lipinski definition) is 1. The molecule has 0 bridgehead atoms. The number of fused-ring (bicyclic) bond motifs is 1. The van der Waals surface area contributed by atoms with Crippen molar-refractivity contribution in [3.05, 3.63) is 50.2 Å². The van der Waals surface area contributed by atoms with Crippen LogP contribution in [-0.4, -0.2) is 15.0 Å². The fraction of sp³-hybridized carbons (Fsp3) is 0.0909. The van der Waals surface area contributed by atoms with Crippen LogP contribution in [0.3, 0.4) is 0 Å². The Kier molecular flexibility index (Phi) is 2.80. The third-order valence-electron chi connectivity index (χ3n) is 2.15. The van der Waals surface area contributed by atoms with Crippen molar-refractivity contribution in [2.75, 3.05) is 0 Å². The zero-order valence-corrected chi connectivity index (χ0v) is 9.28. The summed E-state index contributed by atoms with van der Waals surface area (Å²) in [4.78, 5) is 25.4. The van der Waals surface area contributed by atoms with Gasteiger partial charge in [0.1, 0.15) is 5.52 Å². The molecule has 7 heteroatoms. The summed E-state index contributed by atoms with van der Waals surface area (Å²) in [6.45, 7) is 1.39. The summed E-state index contributed by atoms with van der Waals surface area (Å²) in [6.07, 6.45) is 1.16. The molecule has 0 aliphatic heterocycles. The van der Waals surface area contributed by atoms with Crippen molar-refractivity contribution in [3.8, 4) is 0 Å². The van der Waals surface area contributed by atoms with Crippen LogP contribution in [-0.2, 0) is 0 Å². The molecule has 1 aromatic carbocycles. The fourth-order valence-corrected chi connectivity index (χ4v) is 1.41. The summed E-state index contributed by atoms with van der Waals surface area (Å²) in [7, 11) is 0. The predicted octanol–water partition coefficient (Wildman–Crippen LogP) is 2.01. The van der Waals surface area contributed by atoms with Gasteiger partial charge in [-0.3, -0.25) is 10.1 Å². The number of nitrogens with zero attached hydrogens (tertiary/aromatic N) is 2. The summed E-state index contributed by atoms with van der Waals surface area (Å²) >= 11 is 0. The Hall–Kier alpha value is -2.70. The van der Waals surface area contributed by atoms with E-state index in [9.17, 15) is 14.9 Å². The second-order valence-corrected chi connectivity index (χ2v) is 3.58. The molecule has 18 heavy (non-hydrogen) atoms. The van der Waals surface area contributed by atoms with Gasteiger partial charge in [0.2, 0.25) is 0 Å². The minimum atomic E-state index is -0.767. The average Bonchev–Trinajstić information content (AvgIpc) is 2.28. The van der Waals surface area contributed by atoms with Gasteiger partial charge in [0.15, 0.2) is 11.3 Å². The summed E-state index contributed by atoms with van der Waals surface area (Å²) in [5, 5.41) is 19.6. The highest BCUT2D eigenvalue weighted by Gasteiger charge is 2.11. The molecule has 0 fully saturated rings. The van der Waals surface area contributed by atoms with Crippen LogP contribution >= 0.6 is 0 Å². The molecule has 0 aliphatic carbocycles. The van der Waals surface area contributed by atoms with Crippen LogP contribution in [0, 0.1) is 10.1 Å². The highest BCUT2D eigenvalue weighted by Crippen LogP contribution is 2.18. The number of non-ortho nitro benzene ring substituents is 1. The van der Waals surface area contributed by atoms with Gasteiger partial charge in [-0.25, -0.2) is 9.78 Å². The van der Waals surface area contributed by atoms with Crippen LogP contribution in [0.15, 0.2) is 33.2 Å². The van der Waals surface area contributed by atoms with Gasteiger partial charge in [-0.15, -0.1) is 0 Å². The Morgan fingerprint density at radius 1 is 1.56 bits per heavy atom. The normalized spacial score (nSPS) is 11.7. The molecule has 0 saturated heterocycles.